The third kappa shape index (κ3) is 3.70. The van der Waals surface area contributed by atoms with E-state index in [2.05, 4.69) is 0 Å². The van der Waals surface area contributed by atoms with Gasteiger partial charge in [0.15, 0.2) is 0 Å². The Kier molecular flexibility index (Phi) is 4.75. The average molecular weight is 397 g/mol. The van der Waals surface area contributed by atoms with Gasteiger partial charge in [-0.1, -0.05) is 0 Å². The van der Waals surface area contributed by atoms with E-state index in [1.165, 1.54) is 30.3 Å². The zero-order chi connectivity index (χ0) is 15.4. The minimum absolute atomic E-state index is 0.0142. The molecule has 6 heteroatoms. The Labute approximate surface area is 133 Å². The summed E-state index contributed by atoms with van der Waals surface area (Å²) in [5.74, 6) is -1.13. The summed E-state index contributed by atoms with van der Waals surface area (Å²) in [6.07, 6.45) is 0. The topological polar surface area (TPSA) is 70.3 Å². The zero-order valence-electron chi connectivity index (χ0n) is 10.6. The quantitative estimate of drug-likeness (QED) is 0.801. The first-order valence-corrected chi connectivity index (χ1v) is 6.93. The van der Waals surface area contributed by atoms with Crippen LogP contribution < -0.4 is 4.74 Å². The van der Waals surface area contributed by atoms with E-state index in [0.29, 0.717) is 16.9 Å². The summed E-state index contributed by atoms with van der Waals surface area (Å²) < 4.78 is 19.5. The molecule has 21 heavy (non-hydrogen) atoms. The number of rotatable bonds is 4. The van der Waals surface area contributed by atoms with Gasteiger partial charge in [0.2, 0.25) is 0 Å². The summed E-state index contributed by atoms with van der Waals surface area (Å²) in [4.78, 5) is 10.9. The van der Waals surface area contributed by atoms with Crippen LogP contribution in [0.1, 0.15) is 21.5 Å². The SMILES string of the molecule is N#Cc1ccc(F)cc1COc1cc(C(=O)O)ccc1I. The summed E-state index contributed by atoms with van der Waals surface area (Å²) in [7, 11) is 0. The number of benzene rings is 2. The van der Waals surface area contributed by atoms with Gasteiger partial charge in [-0.05, 0) is 59.0 Å². The third-order valence-corrected chi connectivity index (χ3v) is 3.64. The number of carbonyl (C=O) groups is 1. The second-order valence-electron chi connectivity index (χ2n) is 4.15. The van der Waals surface area contributed by atoms with Crippen molar-refractivity contribution in [1.82, 2.24) is 0 Å². The van der Waals surface area contributed by atoms with Crippen molar-refractivity contribution in [3.63, 3.8) is 0 Å². The van der Waals surface area contributed by atoms with E-state index in [0.717, 1.165) is 3.57 Å². The van der Waals surface area contributed by atoms with E-state index in [1.807, 2.05) is 28.7 Å². The summed E-state index contributed by atoms with van der Waals surface area (Å²) in [6.45, 7) is -0.0142. The maximum Gasteiger partial charge on any atom is 0.335 e. The van der Waals surface area contributed by atoms with E-state index in [1.54, 1.807) is 6.07 Å². The molecule has 0 aliphatic heterocycles. The summed E-state index contributed by atoms with van der Waals surface area (Å²) in [5.41, 5.74) is 0.833. The highest BCUT2D eigenvalue weighted by Gasteiger charge is 2.10. The normalized spacial score (nSPS) is 9.95. The predicted octanol–water partition coefficient (Wildman–Crippen LogP) is 3.58. The molecule has 0 aliphatic carbocycles. The van der Waals surface area contributed by atoms with E-state index in [9.17, 15) is 9.18 Å². The van der Waals surface area contributed by atoms with Gasteiger partial charge in [0.25, 0.3) is 0 Å². The molecule has 0 saturated heterocycles. The van der Waals surface area contributed by atoms with Crippen molar-refractivity contribution >= 4 is 28.6 Å². The highest BCUT2D eigenvalue weighted by atomic mass is 127. The molecule has 0 fully saturated rings. The van der Waals surface area contributed by atoms with Gasteiger partial charge in [0.05, 0.1) is 20.8 Å². The lowest BCUT2D eigenvalue weighted by Gasteiger charge is -2.10. The van der Waals surface area contributed by atoms with E-state index in [-0.39, 0.29) is 12.2 Å². The van der Waals surface area contributed by atoms with Crippen molar-refractivity contribution in [2.75, 3.05) is 0 Å². The van der Waals surface area contributed by atoms with Crippen molar-refractivity contribution < 1.29 is 19.0 Å². The molecule has 0 amide bonds. The minimum atomic E-state index is -1.06. The predicted molar refractivity (Wildman–Crippen MR) is 81.6 cm³/mol. The van der Waals surface area contributed by atoms with Crippen LogP contribution in [0.25, 0.3) is 0 Å². The molecule has 2 aromatic carbocycles. The standard InChI is InChI=1S/C15H9FINO3/c16-12-3-1-10(7-18)11(5-12)8-21-14-6-9(15(19)20)2-4-13(14)17/h1-6H,8H2,(H,19,20). The van der Waals surface area contributed by atoms with E-state index < -0.39 is 11.8 Å². The number of carboxylic acids is 1. The van der Waals surface area contributed by atoms with Crippen LogP contribution in [0.15, 0.2) is 36.4 Å². The van der Waals surface area contributed by atoms with Gasteiger partial charge in [-0.3, -0.25) is 0 Å². The number of carboxylic acid groups (broad SMARTS) is 1. The molecular weight excluding hydrogens is 388 g/mol. The number of hydrogen-bond acceptors (Lipinski definition) is 3. The van der Waals surface area contributed by atoms with Crippen molar-refractivity contribution in [2.45, 2.75) is 6.61 Å². The summed E-state index contributed by atoms with van der Waals surface area (Å²) in [5, 5.41) is 17.9. The molecule has 1 N–H and O–H groups in total. The highest BCUT2D eigenvalue weighted by molar-refractivity contribution is 14.1. The molecule has 0 heterocycles. The Morgan fingerprint density at radius 2 is 2.10 bits per heavy atom. The molecule has 106 valence electrons. The largest absolute Gasteiger partial charge is 0.488 e. The van der Waals surface area contributed by atoms with Crippen molar-refractivity contribution in [1.29, 1.82) is 5.26 Å². The summed E-state index contributed by atoms with van der Waals surface area (Å²) in [6, 6.07) is 10.3. The molecule has 0 atom stereocenters. The zero-order valence-corrected chi connectivity index (χ0v) is 12.8. The van der Waals surface area contributed by atoms with Crippen molar-refractivity contribution in [2.24, 2.45) is 0 Å². The molecule has 0 aliphatic rings. The monoisotopic (exact) mass is 397 g/mol. The van der Waals surface area contributed by atoms with Crippen LogP contribution in [0.5, 0.6) is 5.75 Å². The molecule has 0 aromatic heterocycles. The van der Waals surface area contributed by atoms with Crippen LogP contribution in [-0.4, -0.2) is 11.1 Å². The maximum atomic E-state index is 13.2. The molecule has 0 bridgehead atoms. The van der Waals surface area contributed by atoms with Crippen molar-refractivity contribution in [3.05, 3.63) is 62.5 Å². The fourth-order valence-corrected chi connectivity index (χ4v) is 2.18. The molecule has 0 radical (unpaired) electrons. The molecule has 2 rings (SSSR count). The minimum Gasteiger partial charge on any atom is -0.488 e. The number of ether oxygens (including phenoxy) is 1. The molecule has 0 saturated carbocycles. The van der Waals surface area contributed by atoms with E-state index >= 15 is 0 Å². The van der Waals surface area contributed by atoms with Gasteiger partial charge in [-0.2, -0.15) is 5.26 Å². The molecule has 4 nitrogen and oxygen atoms in total. The Bertz CT molecular complexity index is 740. The van der Waals surface area contributed by atoms with Gasteiger partial charge in [0.1, 0.15) is 18.2 Å². The molecule has 0 unspecified atom stereocenters. The molecule has 2 aromatic rings. The van der Waals surface area contributed by atoms with Crippen LogP contribution in [0.2, 0.25) is 0 Å². The van der Waals surface area contributed by atoms with Gasteiger partial charge < -0.3 is 9.84 Å². The van der Waals surface area contributed by atoms with Crippen LogP contribution >= 0.6 is 22.6 Å². The number of aromatic carboxylic acids is 1. The maximum absolute atomic E-state index is 13.2. The summed E-state index contributed by atoms with van der Waals surface area (Å²) >= 11 is 2.01. The first-order valence-electron chi connectivity index (χ1n) is 5.85. The Morgan fingerprint density at radius 3 is 2.76 bits per heavy atom. The Morgan fingerprint density at radius 1 is 1.33 bits per heavy atom. The van der Waals surface area contributed by atoms with Crippen molar-refractivity contribution in [3.8, 4) is 11.8 Å². The second-order valence-corrected chi connectivity index (χ2v) is 5.31. The number of hydrogen-bond donors (Lipinski definition) is 1. The van der Waals surface area contributed by atoms with Crippen LogP contribution in [-0.2, 0) is 6.61 Å². The lowest BCUT2D eigenvalue weighted by atomic mass is 10.1. The van der Waals surface area contributed by atoms with Crippen LogP contribution in [0.3, 0.4) is 0 Å². The number of nitrogens with zero attached hydrogens (tertiary/aromatic N) is 1. The van der Waals surface area contributed by atoms with Gasteiger partial charge in [-0.15, -0.1) is 0 Å². The van der Waals surface area contributed by atoms with Gasteiger partial charge in [-0.25, -0.2) is 9.18 Å². The average Bonchev–Trinajstić information content (AvgIpc) is 2.46. The van der Waals surface area contributed by atoms with Crippen LogP contribution in [0, 0.1) is 20.7 Å². The first kappa shape index (κ1) is 15.3. The van der Waals surface area contributed by atoms with Crippen LogP contribution in [0.4, 0.5) is 4.39 Å². The lowest BCUT2D eigenvalue weighted by Crippen LogP contribution is -2.02. The Balaban J connectivity index is 2.24. The fourth-order valence-electron chi connectivity index (χ4n) is 1.69. The number of halogens is 2. The highest BCUT2D eigenvalue weighted by Crippen LogP contribution is 2.24. The number of nitriles is 1. The lowest BCUT2D eigenvalue weighted by molar-refractivity contribution is 0.0696. The third-order valence-electron chi connectivity index (χ3n) is 2.75. The van der Waals surface area contributed by atoms with Gasteiger partial charge >= 0.3 is 5.97 Å². The molecule has 0 spiro atoms. The smallest absolute Gasteiger partial charge is 0.335 e. The first-order chi connectivity index (χ1) is 10.0. The van der Waals surface area contributed by atoms with Gasteiger partial charge in [0, 0.05) is 5.56 Å². The molecular formula is C15H9FINO3. The van der Waals surface area contributed by atoms with E-state index in [4.69, 9.17) is 15.1 Å². The fraction of sp³-hybridized carbons (Fsp3) is 0.0667. The Hall–Kier alpha value is -2.14. The second kappa shape index (κ2) is 6.54.